The van der Waals surface area contributed by atoms with Crippen molar-refractivity contribution in [1.29, 1.82) is 5.26 Å². The molecule has 0 aromatic carbocycles. The number of aryl methyl sites for hydroxylation is 1. The van der Waals surface area contributed by atoms with Gasteiger partial charge in [0.15, 0.2) is 5.56 Å². The SMILES string of the molecule is CCc1cc2c(O)c(C#N)c(=O)[nH]c2cn1. The summed E-state index contributed by atoms with van der Waals surface area (Å²) >= 11 is 0. The smallest absolute Gasteiger partial charge is 0.270 e. The van der Waals surface area contributed by atoms with Gasteiger partial charge in [-0.1, -0.05) is 6.92 Å². The van der Waals surface area contributed by atoms with E-state index in [-0.39, 0.29) is 11.3 Å². The van der Waals surface area contributed by atoms with Gasteiger partial charge in [0.2, 0.25) is 0 Å². The first-order valence-electron chi connectivity index (χ1n) is 4.81. The number of hydrogen-bond acceptors (Lipinski definition) is 4. The van der Waals surface area contributed by atoms with E-state index in [1.807, 2.05) is 6.92 Å². The van der Waals surface area contributed by atoms with Crippen LogP contribution < -0.4 is 5.56 Å². The van der Waals surface area contributed by atoms with Crippen molar-refractivity contribution in [2.24, 2.45) is 0 Å². The van der Waals surface area contributed by atoms with E-state index < -0.39 is 5.56 Å². The van der Waals surface area contributed by atoms with E-state index in [1.54, 1.807) is 12.1 Å². The predicted octanol–water partition coefficient (Wildman–Crippen LogP) is 1.06. The Balaban J connectivity index is 2.90. The molecule has 0 atom stereocenters. The lowest BCUT2D eigenvalue weighted by Crippen LogP contribution is -2.10. The zero-order chi connectivity index (χ0) is 11.7. The summed E-state index contributed by atoms with van der Waals surface area (Å²) < 4.78 is 0. The summed E-state index contributed by atoms with van der Waals surface area (Å²) in [5.41, 5.74) is 0.358. The van der Waals surface area contributed by atoms with Crippen LogP contribution >= 0.6 is 0 Å². The quantitative estimate of drug-likeness (QED) is 0.744. The number of nitrogens with zero attached hydrogens (tertiary/aromatic N) is 2. The van der Waals surface area contributed by atoms with Gasteiger partial charge in [-0.25, -0.2) is 0 Å². The maximum atomic E-state index is 11.4. The summed E-state index contributed by atoms with van der Waals surface area (Å²) in [7, 11) is 0. The van der Waals surface area contributed by atoms with Crippen LogP contribution in [0.25, 0.3) is 10.9 Å². The van der Waals surface area contributed by atoms with Gasteiger partial charge in [0.25, 0.3) is 5.56 Å². The Bertz CT molecular complexity index is 653. The fraction of sp³-hybridized carbons (Fsp3) is 0.182. The average molecular weight is 215 g/mol. The molecule has 16 heavy (non-hydrogen) atoms. The van der Waals surface area contributed by atoms with Gasteiger partial charge in [-0.3, -0.25) is 9.78 Å². The largest absolute Gasteiger partial charge is 0.506 e. The first-order chi connectivity index (χ1) is 7.67. The number of aromatic nitrogens is 2. The van der Waals surface area contributed by atoms with E-state index in [0.717, 1.165) is 12.1 Å². The van der Waals surface area contributed by atoms with Crippen LogP contribution in [-0.4, -0.2) is 15.1 Å². The van der Waals surface area contributed by atoms with E-state index in [4.69, 9.17) is 5.26 Å². The second-order valence-electron chi connectivity index (χ2n) is 3.36. The summed E-state index contributed by atoms with van der Waals surface area (Å²) in [5.74, 6) is -0.279. The van der Waals surface area contributed by atoms with E-state index in [1.165, 1.54) is 6.20 Å². The molecule has 2 N–H and O–H groups in total. The maximum absolute atomic E-state index is 11.4. The molecule has 0 aliphatic rings. The van der Waals surface area contributed by atoms with Crippen LogP contribution in [-0.2, 0) is 6.42 Å². The highest BCUT2D eigenvalue weighted by atomic mass is 16.3. The lowest BCUT2D eigenvalue weighted by atomic mass is 10.1. The third kappa shape index (κ3) is 1.41. The molecular weight excluding hydrogens is 206 g/mol. The molecule has 80 valence electrons. The number of nitriles is 1. The van der Waals surface area contributed by atoms with Gasteiger partial charge in [-0.15, -0.1) is 0 Å². The zero-order valence-corrected chi connectivity index (χ0v) is 8.61. The fourth-order valence-corrected chi connectivity index (χ4v) is 1.52. The molecule has 0 amide bonds. The third-order valence-electron chi connectivity index (χ3n) is 2.40. The molecule has 0 aliphatic heterocycles. The molecule has 5 heteroatoms. The van der Waals surface area contributed by atoms with Gasteiger partial charge >= 0.3 is 0 Å². The molecule has 0 unspecified atom stereocenters. The third-order valence-corrected chi connectivity index (χ3v) is 2.40. The number of nitrogens with one attached hydrogen (secondary N) is 1. The molecule has 2 rings (SSSR count). The molecule has 2 aromatic heterocycles. The molecular formula is C11H9N3O2. The summed E-state index contributed by atoms with van der Waals surface area (Å²) in [4.78, 5) is 18.0. The summed E-state index contributed by atoms with van der Waals surface area (Å²) in [6, 6.07) is 3.35. The number of aromatic hydroxyl groups is 1. The first-order valence-corrected chi connectivity index (χ1v) is 4.81. The van der Waals surface area contributed by atoms with E-state index in [9.17, 15) is 9.90 Å². The molecule has 2 aromatic rings. The Morgan fingerprint density at radius 2 is 2.38 bits per heavy atom. The lowest BCUT2D eigenvalue weighted by molar-refractivity contribution is 0.478. The highest BCUT2D eigenvalue weighted by Crippen LogP contribution is 2.24. The highest BCUT2D eigenvalue weighted by Gasteiger charge is 2.11. The van der Waals surface area contributed by atoms with Crippen LogP contribution in [0.4, 0.5) is 0 Å². The molecule has 0 aliphatic carbocycles. The van der Waals surface area contributed by atoms with Crippen molar-refractivity contribution in [3.63, 3.8) is 0 Å². The van der Waals surface area contributed by atoms with Crippen LogP contribution in [0.2, 0.25) is 0 Å². The molecule has 0 spiro atoms. The molecule has 0 bridgehead atoms. The van der Waals surface area contributed by atoms with E-state index in [2.05, 4.69) is 9.97 Å². The van der Waals surface area contributed by atoms with Crippen molar-refractivity contribution < 1.29 is 5.11 Å². The van der Waals surface area contributed by atoms with Crippen LogP contribution in [0.15, 0.2) is 17.1 Å². The Hall–Kier alpha value is -2.35. The monoisotopic (exact) mass is 215 g/mol. The summed E-state index contributed by atoms with van der Waals surface area (Å²) in [6.07, 6.45) is 2.20. The second-order valence-corrected chi connectivity index (χ2v) is 3.36. The fourth-order valence-electron chi connectivity index (χ4n) is 1.52. The van der Waals surface area contributed by atoms with Gasteiger partial charge in [0, 0.05) is 11.1 Å². The predicted molar refractivity (Wildman–Crippen MR) is 58.1 cm³/mol. The van der Waals surface area contributed by atoms with E-state index >= 15 is 0 Å². The van der Waals surface area contributed by atoms with Crippen molar-refractivity contribution in [3.05, 3.63) is 33.9 Å². The lowest BCUT2D eigenvalue weighted by Gasteiger charge is -2.03. The Morgan fingerprint density at radius 1 is 1.62 bits per heavy atom. The molecule has 2 heterocycles. The van der Waals surface area contributed by atoms with Crippen LogP contribution in [0.5, 0.6) is 5.75 Å². The van der Waals surface area contributed by atoms with Crippen LogP contribution in [0, 0.1) is 11.3 Å². The highest BCUT2D eigenvalue weighted by molar-refractivity contribution is 5.86. The number of rotatable bonds is 1. The topological polar surface area (TPSA) is 89.8 Å². The van der Waals surface area contributed by atoms with Crippen molar-refractivity contribution in [3.8, 4) is 11.8 Å². The minimum Gasteiger partial charge on any atom is -0.506 e. The first kappa shape index (κ1) is 10.2. The molecule has 0 fully saturated rings. The number of aromatic amines is 1. The van der Waals surface area contributed by atoms with Gasteiger partial charge in [-0.05, 0) is 12.5 Å². The van der Waals surface area contributed by atoms with Gasteiger partial charge in [-0.2, -0.15) is 5.26 Å². The van der Waals surface area contributed by atoms with Crippen molar-refractivity contribution in [2.75, 3.05) is 0 Å². The van der Waals surface area contributed by atoms with Crippen LogP contribution in [0.1, 0.15) is 18.2 Å². The minimum atomic E-state index is -0.599. The minimum absolute atomic E-state index is 0.263. The van der Waals surface area contributed by atoms with E-state index in [0.29, 0.717) is 10.9 Å². The zero-order valence-electron chi connectivity index (χ0n) is 8.61. The van der Waals surface area contributed by atoms with Crippen molar-refractivity contribution in [1.82, 2.24) is 9.97 Å². The number of hydrogen-bond donors (Lipinski definition) is 2. The number of H-pyrrole nitrogens is 1. The summed E-state index contributed by atoms with van der Waals surface area (Å²) in [6.45, 7) is 1.93. The van der Waals surface area contributed by atoms with Crippen LogP contribution in [0.3, 0.4) is 0 Å². The Labute approximate surface area is 91.0 Å². The Kier molecular flexibility index (Phi) is 2.33. The molecule has 0 saturated heterocycles. The maximum Gasteiger partial charge on any atom is 0.270 e. The normalized spacial score (nSPS) is 10.2. The number of fused-ring (bicyclic) bond motifs is 1. The van der Waals surface area contributed by atoms with Gasteiger partial charge in [0.05, 0.1) is 11.7 Å². The van der Waals surface area contributed by atoms with Crippen molar-refractivity contribution in [2.45, 2.75) is 13.3 Å². The second kappa shape index (κ2) is 3.66. The summed E-state index contributed by atoms with van der Waals surface area (Å²) in [5, 5.41) is 19.0. The molecule has 5 nitrogen and oxygen atoms in total. The van der Waals surface area contributed by atoms with Crippen molar-refractivity contribution >= 4 is 10.9 Å². The number of pyridine rings is 2. The Morgan fingerprint density at radius 3 is 3.00 bits per heavy atom. The standard InChI is InChI=1S/C11H9N3O2/c1-2-6-3-7-9(5-13-6)14-11(16)8(4-12)10(7)15/h3,5H,2H2,1H3,(H2,14,15,16). The average Bonchev–Trinajstić information content (AvgIpc) is 2.29. The van der Waals surface area contributed by atoms with Gasteiger partial charge < -0.3 is 10.1 Å². The molecule has 0 radical (unpaired) electrons. The van der Waals surface area contributed by atoms with Gasteiger partial charge in [0.1, 0.15) is 11.8 Å². The molecule has 0 saturated carbocycles.